The number of aliphatic hydroxyl groups excluding tert-OH is 2. The number of ether oxygens (including phenoxy) is 2. The number of nitrogens with one attached hydrogen (secondary N) is 2. The van der Waals surface area contributed by atoms with E-state index >= 15 is 0 Å². The highest BCUT2D eigenvalue weighted by Gasteiger charge is 2.34. The van der Waals surface area contributed by atoms with Gasteiger partial charge in [0.2, 0.25) is 0 Å². The summed E-state index contributed by atoms with van der Waals surface area (Å²) >= 11 is 0. The van der Waals surface area contributed by atoms with Gasteiger partial charge in [0.1, 0.15) is 5.82 Å². The van der Waals surface area contributed by atoms with E-state index in [-0.39, 0.29) is 49.5 Å². The molecule has 2 aliphatic heterocycles. The van der Waals surface area contributed by atoms with Gasteiger partial charge >= 0.3 is 0 Å². The first-order valence-corrected chi connectivity index (χ1v) is 14.8. The molecule has 9 nitrogen and oxygen atoms in total. The molecule has 0 aromatic heterocycles. The van der Waals surface area contributed by atoms with Crippen LogP contribution in [-0.2, 0) is 15.9 Å². The monoisotopic (exact) mass is 585 g/mol. The average Bonchev–Trinajstić information content (AvgIpc) is 3.42. The van der Waals surface area contributed by atoms with Crippen molar-refractivity contribution in [1.29, 1.82) is 0 Å². The summed E-state index contributed by atoms with van der Waals surface area (Å²) in [6.07, 6.45) is 2.07. The second-order valence-corrected chi connectivity index (χ2v) is 11.6. The molecule has 2 saturated heterocycles. The Kier molecular flexibility index (Phi) is 11.5. The van der Waals surface area contributed by atoms with Crippen LogP contribution in [-0.4, -0.2) is 97.3 Å². The molecule has 4 rings (SSSR count). The van der Waals surface area contributed by atoms with Crippen molar-refractivity contribution in [1.82, 2.24) is 15.5 Å². The maximum Gasteiger partial charge on any atom is 0.254 e. The van der Waals surface area contributed by atoms with Crippen molar-refractivity contribution in [3.8, 4) is 0 Å². The maximum atomic E-state index is 14.3. The van der Waals surface area contributed by atoms with Crippen LogP contribution in [0.4, 0.5) is 4.39 Å². The molecule has 2 amide bonds. The van der Waals surface area contributed by atoms with Gasteiger partial charge in [-0.3, -0.25) is 9.59 Å². The largest absolute Gasteiger partial charge is 0.394 e. The summed E-state index contributed by atoms with van der Waals surface area (Å²) in [4.78, 5) is 28.9. The zero-order chi connectivity index (χ0) is 30.2. The first-order valence-electron chi connectivity index (χ1n) is 14.8. The fourth-order valence-electron chi connectivity index (χ4n) is 6.19. The molecular weight excluding hydrogens is 541 g/mol. The number of hydrogen-bond donors (Lipinski definition) is 4. The van der Waals surface area contributed by atoms with Crippen molar-refractivity contribution in [2.75, 3.05) is 40.0 Å². The number of likely N-dealkylation sites (tertiary alicyclic amines) is 1. The van der Waals surface area contributed by atoms with E-state index in [2.05, 4.69) is 10.6 Å². The number of methoxy groups -OCH3 is 1. The lowest BCUT2D eigenvalue weighted by atomic mass is 9.89. The predicted molar refractivity (Wildman–Crippen MR) is 157 cm³/mol. The number of aliphatic hydroxyl groups is 2. The molecule has 5 atom stereocenters. The third kappa shape index (κ3) is 8.35. The highest BCUT2D eigenvalue weighted by Crippen LogP contribution is 2.23. The van der Waals surface area contributed by atoms with E-state index in [9.17, 15) is 19.1 Å². The van der Waals surface area contributed by atoms with Crippen LogP contribution in [0, 0.1) is 19.7 Å². The van der Waals surface area contributed by atoms with Crippen molar-refractivity contribution in [2.24, 2.45) is 0 Å². The molecule has 0 aliphatic carbocycles. The minimum atomic E-state index is -1.01. The molecular formula is C32H44FN3O6. The zero-order valence-electron chi connectivity index (χ0n) is 24.8. The van der Waals surface area contributed by atoms with Gasteiger partial charge in [-0.1, -0.05) is 6.07 Å². The molecule has 0 bridgehead atoms. The quantitative estimate of drug-likeness (QED) is 0.302. The summed E-state index contributed by atoms with van der Waals surface area (Å²) in [5.74, 6) is -0.948. The Labute approximate surface area is 247 Å². The lowest BCUT2D eigenvalue weighted by Gasteiger charge is -2.37. The van der Waals surface area contributed by atoms with Crippen LogP contribution < -0.4 is 10.6 Å². The van der Waals surface area contributed by atoms with Crippen LogP contribution in [0.1, 0.15) is 63.1 Å². The molecule has 4 N–H and O–H groups in total. The highest BCUT2D eigenvalue weighted by molar-refractivity contribution is 6.00. The second-order valence-electron chi connectivity index (χ2n) is 11.6. The topological polar surface area (TPSA) is 120 Å². The summed E-state index contributed by atoms with van der Waals surface area (Å²) in [5, 5.41) is 27.0. The molecule has 0 spiro atoms. The summed E-state index contributed by atoms with van der Waals surface area (Å²) < 4.78 is 25.3. The van der Waals surface area contributed by atoms with Gasteiger partial charge in [-0.25, -0.2) is 4.39 Å². The lowest BCUT2D eigenvalue weighted by Crippen LogP contribution is -2.57. The Morgan fingerprint density at radius 3 is 2.62 bits per heavy atom. The van der Waals surface area contributed by atoms with Crippen molar-refractivity contribution < 1.29 is 33.7 Å². The summed E-state index contributed by atoms with van der Waals surface area (Å²) in [6.45, 7) is 5.48. The maximum absolute atomic E-state index is 14.3. The molecule has 2 aliphatic rings. The smallest absolute Gasteiger partial charge is 0.254 e. The molecule has 2 aromatic carbocycles. The van der Waals surface area contributed by atoms with E-state index < -0.39 is 18.1 Å². The highest BCUT2D eigenvalue weighted by atomic mass is 19.1. The Balaban J connectivity index is 1.56. The third-order valence-electron chi connectivity index (χ3n) is 8.12. The van der Waals surface area contributed by atoms with Gasteiger partial charge in [0, 0.05) is 30.8 Å². The number of rotatable bonds is 12. The number of carbonyl (C=O) groups is 2. The number of benzene rings is 2. The minimum absolute atomic E-state index is 0.00252. The van der Waals surface area contributed by atoms with Crippen LogP contribution in [0.15, 0.2) is 36.4 Å². The van der Waals surface area contributed by atoms with Gasteiger partial charge in [-0.05, 0) is 99.5 Å². The third-order valence-corrected chi connectivity index (χ3v) is 8.12. The van der Waals surface area contributed by atoms with Gasteiger partial charge in [0.25, 0.3) is 11.8 Å². The van der Waals surface area contributed by atoms with Gasteiger partial charge in [-0.2, -0.15) is 0 Å². The average molecular weight is 586 g/mol. The number of carbonyl (C=O) groups excluding carboxylic acids is 2. The molecule has 42 heavy (non-hydrogen) atoms. The van der Waals surface area contributed by atoms with Crippen LogP contribution in [0.5, 0.6) is 0 Å². The summed E-state index contributed by atoms with van der Waals surface area (Å²) in [5.41, 5.74) is 2.91. The Morgan fingerprint density at radius 1 is 1.12 bits per heavy atom. The number of amides is 2. The minimum Gasteiger partial charge on any atom is -0.394 e. The van der Waals surface area contributed by atoms with Crippen molar-refractivity contribution >= 4 is 11.8 Å². The summed E-state index contributed by atoms with van der Waals surface area (Å²) in [7, 11) is 1.62. The molecule has 0 unspecified atom stereocenters. The lowest BCUT2D eigenvalue weighted by molar-refractivity contribution is -0.0187. The van der Waals surface area contributed by atoms with Crippen LogP contribution in [0.3, 0.4) is 0 Å². The second kappa shape index (κ2) is 15.0. The Bertz CT molecular complexity index is 1210. The molecule has 230 valence electrons. The molecule has 0 radical (unpaired) electrons. The SMILES string of the molecule is COC[C@H]1CCCN1C(=O)c1cc(C)cc(C(=O)N[C@@H](Cc2cc(C)cc(F)c2)[C@H](O)[C@H]2C[C@@H](OCCO)CCN2)c1. The molecule has 2 heterocycles. The van der Waals surface area contributed by atoms with Gasteiger partial charge in [-0.15, -0.1) is 0 Å². The fourth-order valence-corrected chi connectivity index (χ4v) is 6.19. The van der Waals surface area contributed by atoms with Gasteiger partial charge < -0.3 is 35.2 Å². The van der Waals surface area contributed by atoms with Crippen molar-refractivity contribution in [3.05, 3.63) is 70.0 Å². The van der Waals surface area contributed by atoms with Crippen LogP contribution in [0.25, 0.3) is 0 Å². The van der Waals surface area contributed by atoms with E-state index in [1.165, 1.54) is 12.1 Å². The van der Waals surface area contributed by atoms with E-state index in [4.69, 9.17) is 14.6 Å². The standard InChI is InChI=1S/C32H44FN3O6/c1-20-11-22(15-25(33)14-20)16-29(30(38)28-18-27(6-7-34-28)42-10-9-37)35-31(39)23-12-21(2)13-24(17-23)32(40)36-8-4-5-26(36)19-41-3/h11-15,17,26-30,34,37-38H,4-10,16,18-19H2,1-3H3,(H,35,39)/t26-,27+,28-,29+,30-/m1/s1. The van der Waals surface area contributed by atoms with Crippen LogP contribution >= 0.6 is 0 Å². The van der Waals surface area contributed by atoms with Crippen LogP contribution in [0.2, 0.25) is 0 Å². The zero-order valence-corrected chi connectivity index (χ0v) is 24.8. The first kappa shape index (κ1) is 32.0. The van der Waals surface area contributed by atoms with E-state index in [0.29, 0.717) is 42.8 Å². The van der Waals surface area contributed by atoms with E-state index in [0.717, 1.165) is 30.4 Å². The number of halogens is 1. The van der Waals surface area contributed by atoms with E-state index in [1.54, 1.807) is 32.2 Å². The van der Waals surface area contributed by atoms with E-state index in [1.807, 2.05) is 17.9 Å². The molecule has 0 saturated carbocycles. The predicted octanol–water partition coefficient (Wildman–Crippen LogP) is 2.53. The number of piperidine rings is 1. The number of hydrogen-bond acceptors (Lipinski definition) is 7. The van der Waals surface area contributed by atoms with Crippen molar-refractivity contribution in [3.63, 3.8) is 0 Å². The summed E-state index contributed by atoms with van der Waals surface area (Å²) in [6, 6.07) is 8.65. The Hall–Kier alpha value is -2.89. The van der Waals surface area contributed by atoms with Gasteiger partial charge in [0.05, 0.1) is 44.1 Å². The first-order chi connectivity index (χ1) is 20.2. The molecule has 2 aromatic rings. The van der Waals surface area contributed by atoms with Crippen molar-refractivity contribution in [2.45, 2.75) is 76.3 Å². The molecule has 2 fully saturated rings. The van der Waals surface area contributed by atoms with Gasteiger partial charge in [0.15, 0.2) is 0 Å². The molecule has 10 heteroatoms. The fraction of sp³-hybridized carbons (Fsp3) is 0.562. The number of aryl methyl sites for hydroxylation is 2. The Morgan fingerprint density at radius 2 is 1.88 bits per heavy atom. The normalized spacial score (nSPS) is 22.1. The number of nitrogens with zero attached hydrogens (tertiary/aromatic N) is 1.